The van der Waals surface area contributed by atoms with Crippen molar-refractivity contribution in [1.29, 1.82) is 0 Å². The lowest BCUT2D eigenvalue weighted by atomic mass is 10.2. The summed E-state index contributed by atoms with van der Waals surface area (Å²) in [5.41, 5.74) is 1.58. The van der Waals surface area contributed by atoms with Crippen LogP contribution in [0.25, 0.3) is 0 Å². The van der Waals surface area contributed by atoms with Gasteiger partial charge in [0.05, 0.1) is 20.8 Å². The van der Waals surface area contributed by atoms with Crippen LogP contribution in [0, 0.1) is 6.92 Å². The number of rotatable bonds is 11. The standard InChI is InChI=1S/C28H35N3O4S/c1-6-20(2)31(28(33)29-23-14-24(34-4)16-25(15-23)35-5)19-27(32)30(17-22-10-8-7-9-11-22)18-26-13-12-21(3)36-26/h7-16,20H,6,17-19H2,1-5H3,(H,29,33). The van der Waals surface area contributed by atoms with Crippen LogP contribution in [0.5, 0.6) is 11.5 Å². The molecule has 1 heterocycles. The molecule has 0 saturated carbocycles. The van der Waals surface area contributed by atoms with Gasteiger partial charge in [0.2, 0.25) is 5.91 Å². The normalized spacial score (nSPS) is 11.5. The molecule has 2 aromatic carbocycles. The Labute approximate surface area is 217 Å². The van der Waals surface area contributed by atoms with Gasteiger partial charge in [-0.15, -0.1) is 11.3 Å². The molecule has 192 valence electrons. The summed E-state index contributed by atoms with van der Waals surface area (Å²) in [6, 6.07) is 18.7. The Balaban J connectivity index is 1.80. The van der Waals surface area contributed by atoms with Crippen LogP contribution >= 0.6 is 11.3 Å². The molecular formula is C28H35N3O4S. The minimum absolute atomic E-state index is 0.0286. The van der Waals surface area contributed by atoms with Crippen LogP contribution < -0.4 is 14.8 Å². The Morgan fingerprint density at radius 1 is 0.972 bits per heavy atom. The largest absolute Gasteiger partial charge is 0.497 e. The maximum absolute atomic E-state index is 13.6. The van der Waals surface area contributed by atoms with Crippen molar-refractivity contribution in [3.8, 4) is 11.5 Å². The highest BCUT2D eigenvalue weighted by atomic mass is 32.1. The summed E-state index contributed by atoms with van der Waals surface area (Å²) < 4.78 is 10.6. The molecule has 0 aliphatic rings. The van der Waals surface area contributed by atoms with Crippen molar-refractivity contribution in [1.82, 2.24) is 9.80 Å². The highest BCUT2D eigenvalue weighted by Gasteiger charge is 2.26. The first-order valence-corrected chi connectivity index (χ1v) is 12.8. The second-order valence-corrected chi connectivity index (χ2v) is 10.0. The lowest BCUT2D eigenvalue weighted by Gasteiger charge is -2.31. The van der Waals surface area contributed by atoms with Gasteiger partial charge >= 0.3 is 6.03 Å². The number of ether oxygens (including phenoxy) is 2. The van der Waals surface area contributed by atoms with Crippen LogP contribution in [-0.4, -0.2) is 48.5 Å². The molecule has 3 amide bonds. The van der Waals surface area contributed by atoms with E-state index in [9.17, 15) is 9.59 Å². The predicted molar refractivity (Wildman–Crippen MR) is 145 cm³/mol. The van der Waals surface area contributed by atoms with Gasteiger partial charge in [-0.2, -0.15) is 0 Å². The SMILES string of the molecule is CCC(C)N(CC(=O)N(Cc1ccccc1)Cc1ccc(C)s1)C(=O)Nc1cc(OC)cc(OC)c1. The summed E-state index contributed by atoms with van der Waals surface area (Å²) >= 11 is 1.68. The van der Waals surface area contributed by atoms with Crippen LogP contribution in [-0.2, 0) is 17.9 Å². The molecule has 0 radical (unpaired) electrons. The molecule has 3 aromatic rings. The second-order valence-electron chi connectivity index (χ2n) is 8.66. The molecule has 3 rings (SSSR count). The number of nitrogens with one attached hydrogen (secondary N) is 1. The number of aryl methyl sites for hydroxylation is 1. The molecule has 0 aliphatic heterocycles. The van der Waals surface area contributed by atoms with Crippen molar-refractivity contribution in [3.63, 3.8) is 0 Å². The molecule has 1 atom stereocenters. The lowest BCUT2D eigenvalue weighted by molar-refractivity contribution is -0.133. The molecular weight excluding hydrogens is 474 g/mol. The number of thiophene rings is 1. The number of hydrogen-bond acceptors (Lipinski definition) is 5. The van der Waals surface area contributed by atoms with E-state index in [4.69, 9.17) is 9.47 Å². The molecule has 7 nitrogen and oxygen atoms in total. The van der Waals surface area contributed by atoms with Gasteiger partial charge in [0, 0.05) is 46.2 Å². The van der Waals surface area contributed by atoms with Crippen molar-refractivity contribution < 1.29 is 19.1 Å². The molecule has 0 saturated heterocycles. The molecule has 1 N–H and O–H groups in total. The van der Waals surface area contributed by atoms with Crippen molar-refractivity contribution in [3.05, 3.63) is 76.0 Å². The van der Waals surface area contributed by atoms with Crippen LogP contribution in [0.2, 0.25) is 0 Å². The zero-order valence-electron chi connectivity index (χ0n) is 21.6. The number of methoxy groups -OCH3 is 2. The maximum Gasteiger partial charge on any atom is 0.322 e. The van der Waals surface area contributed by atoms with Crippen molar-refractivity contribution in [2.75, 3.05) is 26.1 Å². The third-order valence-electron chi connectivity index (χ3n) is 6.00. The fraction of sp³-hybridized carbons (Fsp3) is 0.357. The summed E-state index contributed by atoms with van der Waals surface area (Å²) in [4.78, 5) is 32.7. The first kappa shape index (κ1) is 27.1. The third-order valence-corrected chi connectivity index (χ3v) is 6.99. The minimum Gasteiger partial charge on any atom is -0.497 e. The van der Waals surface area contributed by atoms with Crippen LogP contribution in [0.15, 0.2) is 60.7 Å². The molecule has 1 unspecified atom stereocenters. The fourth-order valence-electron chi connectivity index (χ4n) is 3.76. The molecule has 36 heavy (non-hydrogen) atoms. The zero-order chi connectivity index (χ0) is 26.1. The van der Waals surface area contributed by atoms with Crippen LogP contribution in [0.1, 0.15) is 35.6 Å². The quantitative estimate of drug-likeness (QED) is 0.348. The second kappa shape index (κ2) is 13.0. The number of anilines is 1. The summed E-state index contributed by atoms with van der Waals surface area (Å²) in [6.45, 7) is 6.94. The van der Waals surface area contributed by atoms with E-state index in [-0.39, 0.29) is 24.5 Å². The predicted octanol–water partition coefficient (Wildman–Crippen LogP) is 5.94. The van der Waals surface area contributed by atoms with Gasteiger partial charge in [-0.1, -0.05) is 37.3 Å². The number of hydrogen-bond donors (Lipinski definition) is 1. The van der Waals surface area contributed by atoms with Gasteiger partial charge in [0.25, 0.3) is 0 Å². The van der Waals surface area contributed by atoms with E-state index < -0.39 is 0 Å². The number of urea groups is 1. The van der Waals surface area contributed by atoms with Crippen LogP contribution in [0.3, 0.4) is 0 Å². The molecule has 0 fully saturated rings. The Hall–Kier alpha value is -3.52. The monoisotopic (exact) mass is 509 g/mol. The molecule has 8 heteroatoms. The van der Waals surface area contributed by atoms with Gasteiger partial charge < -0.3 is 24.6 Å². The lowest BCUT2D eigenvalue weighted by Crippen LogP contribution is -2.47. The molecule has 1 aromatic heterocycles. The summed E-state index contributed by atoms with van der Waals surface area (Å²) in [7, 11) is 3.11. The van der Waals surface area contributed by atoms with E-state index in [1.54, 1.807) is 48.7 Å². The van der Waals surface area contributed by atoms with E-state index in [0.717, 1.165) is 10.4 Å². The van der Waals surface area contributed by atoms with Crippen molar-refractivity contribution in [2.45, 2.75) is 46.3 Å². The number of carbonyl (C=O) groups is 2. The number of amides is 3. The average molecular weight is 510 g/mol. The Morgan fingerprint density at radius 2 is 1.64 bits per heavy atom. The Bertz CT molecular complexity index is 1130. The summed E-state index contributed by atoms with van der Waals surface area (Å²) in [6.07, 6.45) is 0.713. The maximum atomic E-state index is 13.6. The molecule has 0 bridgehead atoms. The topological polar surface area (TPSA) is 71.1 Å². The molecule has 0 aliphatic carbocycles. The van der Waals surface area contributed by atoms with Gasteiger partial charge in [0.15, 0.2) is 0 Å². The van der Waals surface area contributed by atoms with E-state index >= 15 is 0 Å². The average Bonchev–Trinajstić information content (AvgIpc) is 3.30. The fourth-order valence-corrected chi connectivity index (χ4v) is 4.67. The van der Waals surface area contributed by atoms with E-state index in [2.05, 4.69) is 24.4 Å². The Kier molecular flexibility index (Phi) is 9.76. The number of nitrogens with zero attached hydrogens (tertiary/aromatic N) is 2. The minimum atomic E-state index is -0.348. The van der Waals surface area contributed by atoms with Gasteiger partial charge in [-0.25, -0.2) is 4.79 Å². The Morgan fingerprint density at radius 3 is 2.19 bits per heavy atom. The van der Waals surface area contributed by atoms with Crippen molar-refractivity contribution >= 4 is 29.0 Å². The smallest absolute Gasteiger partial charge is 0.322 e. The number of carbonyl (C=O) groups excluding carboxylic acids is 2. The van der Waals surface area contributed by atoms with E-state index in [1.807, 2.05) is 49.1 Å². The van der Waals surface area contributed by atoms with E-state index in [0.29, 0.717) is 36.7 Å². The first-order valence-electron chi connectivity index (χ1n) is 12.0. The highest BCUT2D eigenvalue weighted by Crippen LogP contribution is 2.26. The van der Waals surface area contributed by atoms with Gasteiger partial charge in [0.1, 0.15) is 18.0 Å². The van der Waals surface area contributed by atoms with Crippen LogP contribution in [0.4, 0.5) is 10.5 Å². The van der Waals surface area contributed by atoms with E-state index in [1.165, 1.54) is 4.88 Å². The first-order chi connectivity index (χ1) is 17.3. The highest BCUT2D eigenvalue weighted by molar-refractivity contribution is 7.11. The summed E-state index contributed by atoms with van der Waals surface area (Å²) in [5, 5.41) is 2.91. The number of benzene rings is 2. The zero-order valence-corrected chi connectivity index (χ0v) is 22.4. The van der Waals surface area contributed by atoms with Crippen molar-refractivity contribution in [2.24, 2.45) is 0 Å². The summed E-state index contributed by atoms with van der Waals surface area (Å²) in [5.74, 6) is 1.02. The van der Waals surface area contributed by atoms with Gasteiger partial charge in [-0.3, -0.25) is 4.79 Å². The van der Waals surface area contributed by atoms with Gasteiger partial charge in [-0.05, 0) is 38.0 Å². The third kappa shape index (κ3) is 7.49. The molecule has 0 spiro atoms.